The molecule has 4 nitrogen and oxygen atoms in total. The molecule has 0 amide bonds. The molecule has 0 N–H and O–H groups in total. The van der Waals surface area contributed by atoms with Gasteiger partial charge in [0.1, 0.15) is 6.29 Å². The maximum absolute atomic E-state index is 11.7. The molecule has 4 heteroatoms. The van der Waals surface area contributed by atoms with Gasteiger partial charge in [0.25, 0.3) is 0 Å². The van der Waals surface area contributed by atoms with Crippen LogP contribution < -0.4 is 0 Å². The molecule has 0 saturated heterocycles. The van der Waals surface area contributed by atoms with Crippen LogP contribution in [0, 0.1) is 0 Å². The number of ether oxygens (including phenoxy) is 1. The fourth-order valence-corrected chi connectivity index (χ4v) is 1.71. The van der Waals surface area contributed by atoms with Crippen LogP contribution in [0.4, 0.5) is 0 Å². The molecule has 102 valence electrons. The number of esters is 1. The van der Waals surface area contributed by atoms with Crippen LogP contribution in [0.3, 0.4) is 0 Å². The normalized spacial score (nSPS) is 9.89. The zero-order valence-corrected chi connectivity index (χ0v) is 10.8. The third kappa shape index (κ3) is 5.46. The highest BCUT2D eigenvalue weighted by molar-refractivity contribution is 5.98. The van der Waals surface area contributed by atoms with E-state index in [1.807, 2.05) is 0 Å². The minimum atomic E-state index is -0.462. The van der Waals surface area contributed by atoms with Gasteiger partial charge >= 0.3 is 5.97 Å². The minimum absolute atomic E-state index is 0.304. The first kappa shape index (κ1) is 15.1. The Bertz CT molecular complexity index is 426. The van der Waals surface area contributed by atoms with Gasteiger partial charge in [0.15, 0.2) is 6.29 Å². The molecular formula is C15H18O4. The molecule has 0 bridgehead atoms. The van der Waals surface area contributed by atoms with Gasteiger partial charge in [-0.25, -0.2) is 4.79 Å². The van der Waals surface area contributed by atoms with Crippen molar-refractivity contribution in [2.75, 3.05) is 6.61 Å². The van der Waals surface area contributed by atoms with Crippen LogP contribution in [-0.2, 0) is 9.53 Å². The van der Waals surface area contributed by atoms with Gasteiger partial charge in [-0.05, 0) is 18.9 Å². The molecule has 0 saturated carbocycles. The Morgan fingerprint density at radius 2 is 1.79 bits per heavy atom. The molecule has 1 aromatic rings. The van der Waals surface area contributed by atoms with Crippen molar-refractivity contribution in [3.05, 3.63) is 35.4 Å². The molecule has 0 fully saturated rings. The fourth-order valence-electron chi connectivity index (χ4n) is 1.71. The maximum atomic E-state index is 11.7. The monoisotopic (exact) mass is 262 g/mol. The van der Waals surface area contributed by atoms with Crippen molar-refractivity contribution in [2.45, 2.75) is 32.1 Å². The Kier molecular flexibility index (Phi) is 7.17. The second kappa shape index (κ2) is 9.03. The van der Waals surface area contributed by atoms with Crippen LogP contribution in [0.15, 0.2) is 24.3 Å². The van der Waals surface area contributed by atoms with E-state index in [0.717, 1.165) is 32.0 Å². The van der Waals surface area contributed by atoms with E-state index in [4.69, 9.17) is 4.74 Å². The van der Waals surface area contributed by atoms with Crippen molar-refractivity contribution in [3.63, 3.8) is 0 Å². The van der Waals surface area contributed by atoms with Crippen LogP contribution in [0.5, 0.6) is 0 Å². The summed E-state index contributed by atoms with van der Waals surface area (Å²) in [5.41, 5.74) is 0.650. The molecule has 1 aromatic carbocycles. The smallest absolute Gasteiger partial charge is 0.338 e. The zero-order valence-electron chi connectivity index (χ0n) is 10.8. The predicted octanol–water partition coefficient (Wildman–Crippen LogP) is 2.81. The Morgan fingerprint density at radius 3 is 2.53 bits per heavy atom. The average molecular weight is 262 g/mol. The van der Waals surface area contributed by atoms with Crippen molar-refractivity contribution in [1.82, 2.24) is 0 Å². The summed E-state index contributed by atoms with van der Waals surface area (Å²) in [6.45, 7) is 0.340. The SMILES string of the molecule is O=CCCCCCCOC(=O)c1ccccc1C=O. The van der Waals surface area contributed by atoms with Crippen LogP contribution in [0.1, 0.15) is 52.8 Å². The topological polar surface area (TPSA) is 60.4 Å². The van der Waals surface area contributed by atoms with Crippen LogP contribution in [-0.4, -0.2) is 25.1 Å². The summed E-state index contributed by atoms with van der Waals surface area (Å²) in [6.07, 6.45) is 5.69. The van der Waals surface area contributed by atoms with Gasteiger partial charge in [-0.3, -0.25) is 4.79 Å². The minimum Gasteiger partial charge on any atom is -0.462 e. The molecule has 19 heavy (non-hydrogen) atoms. The lowest BCUT2D eigenvalue weighted by atomic mass is 10.1. The van der Waals surface area contributed by atoms with E-state index in [1.165, 1.54) is 0 Å². The first-order chi connectivity index (χ1) is 9.29. The largest absolute Gasteiger partial charge is 0.462 e. The van der Waals surface area contributed by atoms with Gasteiger partial charge in [0.05, 0.1) is 12.2 Å². The molecule has 0 radical (unpaired) electrons. The number of hydrogen-bond acceptors (Lipinski definition) is 4. The second-order valence-corrected chi connectivity index (χ2v) is 4.21. The van der Waals surface area contributed by atoms with E-state index in [9.17, 15) is 14.4 Å². The third-order valence-corrected chi connectivity index (χ3v) is 2.76. The molecule has 0 aromatic heterocycles. The molecule has 1 rings (SSSR count). The molecule has 0 unspecified atom stereocenters. The lowest BCUT2D eigenvalue weighted by Crippen LogP contribution is -2.09. The summed E-state index contributed by atoms with van der Waals surface area (Å²) >= 11 is 0. The van der Waals surface area contributed by atoms with Crippen LogP contribution in [0.25, 0.3) is 0 Å². The highest BCUT2D eigenvalue weighted by Crippen LogP contribution is 2.09. The molecular weight excluding hydrogens is 244 g/mol. The van der Waals surface area contributed by atoms with E-state index in [1.54, 1.807) is 24.3 Å². The Labute approximate surface area is 112 Å². The highest BCUT2D eigenvalue weighted by atomic mass is 16.5. The van der Waals surface area contributed by atoms with E-state index in [-0.39, 0.29) is 0 Å². The molecule has 0 atom stereocenters. The van der Waals surface area contributed by atoms with Crippen LogP contribution >= 0.6 is 0 Å². The number of benzene rings is 1. The third-order valence-electron chi connectivity index (χ3n) is 2.76. The predicted molar refractivity (Wildman–Crippen MR) is 71.3 cm³/mol. The number of carbonyl (C=O) groups is 3. The first-order valence-electron chi connectivity index (χ1n) is 6.44. The summed E-state index contributed by atoms with van der Waals surface area (Å²) in [5, 5.41) is 0. The van der Waals surface area contributed by atoms with Gasteiger partial charge in [0.2, 0.25) is 0 Å². The maximum Gasteiger partial charge on any atom is 0.338 e. The average Bonchev–Trinajstić information content (AvgIpc) is 2.46. The Balaban J connectivity index is 2.27. The fraction of sp³-hybridized carbons (Fsp3) is 0.400. The number of hydrogen-bond donors (Lipinski definition) is 0. The second-order valence-electron chi connectivity index (χ2n) is 4.21. The van der Waals surface area contributed by atoms with E-state index < -0.39 is 5.97 Å². The van der Waals surface area contributed by atoms with Gasteiger partial charge in [-0.1, -0.05) is 31.0 Å². The molecule has 0 aliphatic heterocycles. The van der Waals surface area contributed by atoms with Gasteiger partial charge in [0, 0.05) is 12.0 Å². The summed E-state index contributed by atoms with van der Waals surface area (Å²) < 4.78 is 5.11. The van der Waals surface area contributed by atoms with E-state index in [2.05, 4.69) is 0 Å². The lowest BCUT2D eigenvalue weighted by molar-refractivity contribution is -0.107. The number of carbonyl (C=O) groups excluding carboxylic acids is 3. The number of aldehydes is 2. The quantitative estimate of drug-likeness (QED) is 0.390. The lowest BCUT2D eigenvalue weighted by Gasteiger charge is -2.06. The molecule has 0 aliphatic carbocycles. The van der Waals surface area contributed by atoms with Crippen molar-refractivity contribution in [3.8, 4) is 0 Å². The zero-order chi connectivity index (χ0) is 13.9. The summed E-state index contributed by atoms with van der Waals surface area (Å²) in [6, 6.07) is 6.57. The van der Waals surface area contributed by atoms with Gasteiger partial charge in [-0.15, -0.1) is 0 Å². The van der Waals surface area contributed by atoms with Crippen molar-refractivity contribution >= 4 is 18.5 Å². The van der Waals surface area contributed by atoms with E-state index in [0.29, 0.717) is 30.4 Å². The Morgan fingerprint density at radius 1 is 1.05 bits per heavy atom. The van der Waals surface area contributed by atoms with Gasteiger partial charge < -0.3 is 9.53 Å². The van der Waals surface area contributed by atoms with Crippen molar-refractivity contribution < 1.29 is 19.1 Å². The standard InChI is InChI=1S/C15H18O4/c16-10-6-2-1-3-7-11-19-15(18)14-9-5-4-8-13(14)12-17/h4-5,8-10,12H,1-3,6-7,11H2. The van der Waals surface area contributed by atoms with Crippen molar-refractivity contribution in [1.29, 1.82) is 0 Å². The van der Waals surface area contributed by atoms with Gasteiger partial charge in [-0.2, -0.15) is 0 Å². The van der Waals surface area contributed by atoms with Crippen LogP contribution in [0.2, 0.25) is 0 Å². The van der Waals surface area contributed by atoms with E-state index >= 15 is 0 Å². The number of unbranched alkanes of at least 4 members (excludes halogenated alkanes) is 4. The van der Waals surface area contributed by atoms with Crippen molar-refractivity contribution in [2.24, 2.45) is 0 Å². The molecule has 0 heterocycles. The first-order valence-corrected chi connectivity index (χ1v) is 6.44. The molecule has 0 spiro atoms. The Hall–Kier alpha value is -1.97. The summed E-state index contributed by atoms with van der Waals surface area (Å²) in [5.74, 6) is -0.462. The number of rotatable bonds is 9. The molecule has 0 aliphatic rings. The summed E-state index contributed by atoms with van der Waals surface area (Å²) in [7, 11) is 0. The highest BCUT2D eigenvalue weighted by Gasteiger charge is 2.11. The summed E-state index contributed by atoms with van der Waals surface area (Å²) in [4.78, 5) is 32.6.